The number of halogens is 1. The lowest BCUT2D eigenvalue weighted by molar-refractivity contribution is -0.118. The Morgan fingerprint density at radius 3 is 2.69 bits per heavy atom. The number of carbonyl (C=O) groups is 1. The number of aryl methyl sites for hydroxylation is 2. The lowest BCUT2D eigenvalue weighted by Gasteiger charge is -2.10. The van der Waals surface area contributed by atoms with E-state index in [0.717, 1.165) is 34.0 Å². The Balaban J connectivity index is 1.56. The number of hydrogen-bond acceptors (Lipinski definition) is 3. The standard InChI is InChI=1S/C23H24ClN3OS/c1-16-6-4-9-22(10-16)27-17(2)11-20(18(27)3)13-25-26-23(28)15-29-14-19-7-5-8-21(24)12-19/h4-13H,14-15H2,1-3H3,(H,26,28)/b25-13-. The molecule has 0 atom stereocenters. The van der Waals surface area contributed by atoms with Crippen LogP contribution in [0.2, 0.25) is 5.02 Å². The van der Waals surface area contributed by atoms with Gasteiger partial charge in [0.05, 0.1) is 12.0 Å². The lowest BCUT2D eigenvalue weighted by Crippen LogP contribution is -2.19. The SMILES string of the molecule is Cc1cccc(-n2c(C)cc(/C=N\NC(=O)CSCc3cccc(Cl)c3)c2C)c1. The maximum absolute atomic E-state index is 12.0. The van der Waals surface area contributed by atoms with E-state index in [1.807, 2.05) is 24.3 Å². The fourth-order valence-electron chi connectivity index (χ4n) is 3.18. The van der Waals surface area contributed by atoms with E-state index in [2.05, 4.69) is 66.2 Å². The van der Waals surface area contributed by atoms with E-state index in [0.29, 0.717) is 10.8 Å². The largest absolute Gasteiger partial charge is 0.318 e. The van der Waals surface area contributed by atoms with Crippen LogP contribution < -0.4 is 5.43 Å². The number of nitrogens with zero attached hydrogens (tertiary/aromatic N) is 2. The Bertz CT molecular complexity index is 1040. The molecule has 0 fully saturated rings. The van der Waals surface area contributed by atoms with Gasteiger partial charge in [0, 0.05) is 33.4 Å². The minimum absolute atomic E-state index is 0.124. The molecule has 2 aromatic carbocycles. The summed E-state index contributed by atoms with van der Waals surface area (Å²) in [7, 11) is 0. The van der Waals surface area contributed by atoms with Gasteiger partial charge in [0.15, 0.2) is 0 Å². The van der Waals surface area contributed by atoms with Crippen molar-refractivity contribution in [3.8, 4) is 5.69 Å². The van der Waals surface area contributed by atoms with Gasteiger partial charge in [-0.2, -0.15) is 5.10 Å². The Morgan fingerprint density at radius 2 is 1.93 bits per heavy atom. The highest BCUT2D eigenvalue weighted by Crippen LogP contribution is 2.20. The predicted molar refractivity (Wildman–Crippen MR) is 123 cm³/mol. The number of rotatable bonds is 7. The normalized spacial score (nSPS) is 11.2. The Hall–Kier alpha value is -2.50. The van der Waals surface area contributed by atoms with Gasteiger partial charge in [-0.1, -0.05) is 35.9 Å². The summed E-state index contributed by atoms with van der Waals surface area (Å²) in [4.78, 5) is 12.0. The molecule has 1 heterocycles. The quantitative estimate of drug-likeness (QED) is 0.404. The molecular formula is C23H24ClN3OS. The molecule has 0 aliphatic heterocycles. The minimum Gasteiger partial charge on any atom is -0.318 e. The third-order valence-corrected chi connectivity index (χ3v) is 5.75. The van der Waals surface area contributed by atoms with E-state index in [9.17, 15) is 4.79 Å². The third kappa shape index (κ3) is 5.75. The maximum Gasteiger partial charge on any atom is 0.250 e. The Labute approximate surface area is 181 Å². The first-order valence-electron chi connectivity index (χ1n) is 9.34. The molecular weight excluding hydrogens is 402 g/mol. The van der Waals surface area contributed by atoms with E-state index >= 15 is 0 Å². The zero-order chi connectivity index (χ0) is 20.8. The molecule has 6 heteroatoms. The van der Waals surface area contributed by atoms with Crippen LogP contribution in [0.1, 0.15) is 28.1 Å². The van der Waals surface area contributed by atoms with E-state index < -0.39 is 0 Å². The van der Waals surface area contributed by atoms with Gasteiger partial charge in [0.25, 0.3) is 0 Å². The average molecular weight is 426 g/mol. The maximum atomic E-state index is 12.0. The van der Waals surface area contributed by atoms with Crippen molar-refractivity contribution in [2.75, 3.05) is 5.75 Å². The van der Waals surface area contributed by atoms with Crippen LogP contribution in [0.3, 0.4) is 0 Å². The molecule has 0 spiro atoms. The number of aromatic nitrogens is 1. The highest BCUT2D eigenvalue weighted by Gasteiger charge is 2.09. The molecule has 0 saturated carbocycles. The Kier molecular flexibility index (Phi) is 7.18. The molecule has 0 aliphatic carbocycles. The second kappa shape index (κ2) is 9.81. The molecule has 0 radical (unpaired) electrons. The molecule has 3 aromatic rings. The predicted octanol–water partition coefficient (Wildman–Crippen LogP) is 5.44. The van der Waals surface area contributed by atoms with Crippen molar-refractivity contribution in [1.82, 2.24) is 9.99 Å². The van der Waals surface area contributed by atoms with Gasteiger partial charge in [-0.05, 0) is 62.2 Å². The first-order chi connectivity index (χ1) is 13.9. The molecule has 1 aromatic heterocycles. The number of nitrogens with one attached hydrogen (secondary N) is 1. The molecule has 0 saturated heterocycles. The van der Waals surface area contributed by atoms with Crippen LogP contribution in [0, 0.1) is 20.8 Å². The highest BCUT2D eigenvalue weighted by molar-refractivity contribution is 7.99. The van der Waals surface area contributed by atoms with Crippen LogP contribution in [0.25, 0.3) is 5.69 Å². The van der Waals surface area contributed by atoms with Gasteiger partial charge in [0.2, 0.25) is 5.91 Å². The van der Waals surface area contributed by atoms with Crippen molar-refractivity contribution >= 4 is 35.5 Å². The van der Waals surface area contributed by atoms with Crippen LogP contribution in [0.5, 0.6) is 0 Å². The first-order valence-corrected chi connectivity index (χ1v) is 10.9. The van der Waals surface area contributed by atoms with Gasteiger partial charge in [-0.15, -0.1) is 11.8 Å². The fourth-order valence-corrected chi connectivity index (χ4v) is 4.16. The van der Waals surface area contributed by atoms with Crippen LogP contribution >= 0.6 is 23.4 Å². The molecule has 3 rings (SSSR count). The molecule has 29 heavy (non-hydrogen) atoms. The van der Waals surface area contributed by atoms with Crippen LogP contribution in [0.4, 0.5) is 0 Å². The number of carbonyl (C=O) groups excluding carboxylic acids is 1. The summed E-state index contributed by atoms with van der Waals surface area (Å²) in [6, 6.07) is 18.1. The second-order valence-corrected chi connectivity index (χ2v) is 8.34. The monoisotopic (exact) mass is 425 g/mol. The van der Waals surface area contributed by atoms with Crippen LogP contribution in [-0.4, -0.2) is 22.4 Å². The van der Waals surface area contributed by atoms with Gasteiger partial charge in [-0.3, -0.25) is 4.79 Å². The molecule has 150 valence electrons. The third-order valence-electron chi connectivity index (χ3n) is 4.51. The topological polar surface area (TPSA) is 46.4 Å². The summed E-state index contributed by atoms with van der Waals surface area (Å²) in [6.07, 6.45) is 1.70. The molecule has 1 N–H and O–H groups in total. The second-order valence-electron chi connectivity index (χ2n) is 6.92. The minimum atomic E-state index is -0.124. The van der Waals surface area contributed by atoms with E-state index in [4.69, 9.17) is 11.6 Å². The van der Waals surface area contributed by atoms with Gasteiger partial charge in [0.1, 0.15) is 0 Å². The summed E-state index contributed by atoms with van der Waals surface area (Å²) in [5.74, 6) is 0.947. The van der Waals surface area contributed by atoms with Crippen LogP contribution in [0.15, 0.2) is 59.7 Å². The highest BCUT2D eigenvalue weighted by atomic mass is 35.5. The van der Waals surface area contributed by atoms with Crippen molar-refractivity contribution in [3.63, 3.8) is 0 Å². The molecule has 4 nitrogen and oxygen atoms in total. The number of thioether (sulfide) groups is 1. The van der Waals surface area contributed by atoms with Gasteiger partial charge >= 0.3 is 0 Å². The average Bonchev–Trinajstić information content (AvgIpc) is 2.95. The number of hydrogen-bond donors (Lipinski definition) is 1. The summed E-state index contributed by atoms with van der Waals surface area (Å²) in [5.41, 5.74) is 9.24. The number of benzene rings is 2. The molecule has 1 amide bonds. The zero-order valence-corrected chi connectivity index (χ0v) is 18.3. The Morgan fingerprint density at radius 1 is 1.14 bits per heavy atom. The first kappa shape index (κ1) is 21.2. The summed E-state index contributed by atoms with van der Waals surface area (Å²) in [5, 5.41) is 4.84. The van der Waals surface area contributed by atoms with E-state index in [1.165, 1.54) is 17.3 Å². The lowest BCUT2D eigenvalue weighted by atomic mass is 10.2. The molecule has 0 aliphatic rings. The fraction of sp³-hybridized carbons (Fsp3) is 0.217. The summed E-state index contributed by atoms with van der Waals surface area (Å²) in [6.45, 7) is 6.21. The van der Waals surface area contributed by atoms with Crippen molar-refractivity contribution < 1.29 is 4.79 Å². The van der Waals surface area contributed by atoms with Gasteiger partial charge in [-0.25, -0.2) is 5.43 Å². The molecule has 0 bridgehead atoms. The van der Waals surface area contributed by atoms with Crippen molar-refractivity contribution in [2.45, 2.75) is 26.5 Å². The summed E-state index contributed by atoms with van der Waals surface area (Å²) >= 11 is 7.51. The van der Waals surface area contributed by atoms with Crippen molar-refractivity contribution in [2.24, 2.45) is 5.10 Å². The van der Waals surface area contributed by atoms with Crippen molar-refractivity contribution in [3.05, 3.63) is 87.7 Å². The van der Waals surface area contributed by atoms with Crippen molar-refractivity contribution in [1.29, 1.82) is 0 Å². The van der Waals surface area contributed by atoms with Gasteiger partial charge < -0.3 is 4.57 Å². The smallest absolute Gasteiger partial charge is 0.250 e. The summed E-state index contributed by atoms with van der Waals surface area (Å²) < 4.78 is 2.19. The zero-order valence-electron chi connectivity index (χ0n) is 16.8. The molecule has 0 unspecified atom stereocenters. The van der Waals surface area contributed by atoms with Crippen LogP contribution in [-0.2, 0) is 10.5 Å². The number of hydrazone groups is 1. The number of amides is 1. The van der Waals surface area contributed by atoms with E-state index in [-0.39, 0.29) is 5.91 Å². The van der Waals surface area contributed by atoms with E-state index in [1.54, 1.807) is 6.21 Å².